The molecular formula is C13H10N4O2. The maximum atomic E-state index is 11.8. The first kappa shape index (κ1) is 11.2. The normalized spacial score (nSPS) is 10.3. The maximum absolute atomic E-state index is 11.8. The van der Waals surface area contributed by atoms with E-state index in [1.165, 1.54) is 6.26 Å². The van der Waals surface area contributed by atoms with Crippen molar-refractivity contribution >= 4 is 11.7 Å². The summed E-state index contributed by atoms with van der Waals surface area (Å²) < 4.78 is 5.00. The van der Waals surface area contributed by atoms with Crippen LogP contribution in [0.4, 0.5) is 5.82 Å². The minimum Gasteiger partial charge on any atom is -0.459 e. The van der Waals surface area contributed by atoms with Crippen LogP contribution in [0.5, 0.6) is 0 Å². The number of furan rings is 1. The first-order chi connectivity index (χ1) is 9.33. The number of nitrogens with zero attached hydrogens (tertiary/aromatic N) is 2. The summed E-state index contributed by atoms with van der Waals surface area (Å²) in [4.78, 5) is 15.7. The Morgan fingerprint density at radius 2 is 2.11 bits per heavy atom. The van der Waals surface area contributed by atoms with Crippen LogP contribution in [0.1, 0.15) is 10.6 Å². The molecule has 0 unspecified atom stereocenters. The lowest BCUT2D eigenvalue weighted by molar-refractivity contribution is 0.0996. The van der Waals surface area contributed by atoms with E-state index in [4.69, 9.17) is 4.42 Å². The standard InChI is InChI=1S/C13H10N4O2/c18-13(11-2-1-7-19-11)15-12-8-10(16-17-12)9-3-5-14-6-4-9/h1-8H,(H2,15,16,17,18). The highest BCUT2D eigenvalue weighted by Gasteiger charge is 2.11. The molecule has 0 fully saturated rings. The molecule has 0 aliphatic carbocycles. The van der Waals surface area contributed by atoms with Crippen LogP contribution < -0.4 is 5.32 Å². The van der Waals surface area contributed by atoms with Gasteiger partial charge in [0.05, 0.1) is 12.0 Å². The van der Waals surface area contributed by atoms with Gasteiger partial charge in [-0.3, -0.25) is 14.9 Å². The van der Waals surface area contributed by atoms with Gasteiger partial charge in [-0.2, -0.15) is 5.10 Å². The van der Waals surface area contributed by atoms with E-state index in [1.54, 1.807) is 30.6 Å². The average Bonchev–Trinajstić information content (AvgIpc) is 3.11. The lowest BCUT2D eigenvalue weighted by Crippen LogP contribution is -2.10. The van der Waals surface area contributed by atoms with Crippen molar-refractivity contribution in [2.75, 3.05) is 5.32 Å². The van der Waals surface area contributed by atoms with Gasteiger partial charge in [0.1, 0.15) is 0 Å². The number of nitrogens with one attached hydrogen (secondary N) is 2. The molecule has 6 nitrogen and oxygen atoms in total. The number of amides is 1. The van der Waals surface area contributed by atoms with Gasteiger partial charge in [0.15, 0.2) is 11.6 Å². The van der Waals surface area contributed by atoms with Gasteiger partial charge >= 0.3 is 0 Å². The van der Waals surface area contributed by atoms with E-state index >= 15 is 0 Å². The highest BCUT2D eigenvalue weighted by atomic mass is 16.3. The van der Waals surface area contributed by atoms with Gasteiger partial charge in [0.25, 0.3) is 5.91 Å². The second kappa shape index (κ2) is 4.77. The van der Waals surface area contributed by atoms with Crippen LogP contribution in [0.2, 0.25) is 0 Å². The minimum atomic E-state index is -0.335. The summed E-state index contributed by atoms with van der Waals surface area (Å²) >= 11 is 0. The molecule has 0 aliphatic heterocycles. The quantitative estimate of drug-likeness (QED) is 0.751. The molecule has 1 amide bonds. The molecule has 6 heteroatoms. The molecule has 0 bridgehead atoms. The molecule has 0 saturated carbocycles. The molecule has 3 aromatic heterocycles. The van der Waals surface area contributed by atoms with E-state index in [9.17, 15) is 4.79 Å². The van der Waals surface area contributed by atoms with Crippen molar-refractivity contribution in [2.24, 2.45) is 0 Å². The summed E-state index contributed by atoms with van der Waals surface area (Å²) in [6, 6.07) is 8.70. The summed E-state index contributed by atoms with van der Waals surface area (Å²) in [6.45, 7) is 0. The highest BCUT2D eigenvalue weighted by molar-refractivity contribution is 6.01. The summed E-state index contributed by atoms with van der Waals surface area (Å²) in [5.41, 5.74) is 1.75. The number of hydrogen-bond acceptors (Lipinski definition) is 4. The number of aromatic nitrogens is 3. The van der Waals surface area contributed by atoms with Crippen LogP contribution >= 0.6 is 0 Å². The number of anilines is 1. The van der Waals surface area contributed by atoms with E-state index in [-0.39, 0.29) is 11.7 Å². The van der Waals surface area contributed by atoms with Crippen molar-refractivity contribution in [3.63, 3.8) is 0 Å². The number of pyridine rings is 1. The predicted octanol–water partition coefficient (Wildman–Crippen LogP) is 2.32. The Balaban J connectivity index is 1.77. The predicted molar refractivity (Wildman–Crippen MR) is 68.5 cm³/mol. The van der Waals surface area contributed by atoms with E-state index in [2.05, 4.69) is 20.5 Å². The Kier molecular flexibility index (Phi) is 2.82. The Bertz CT molecular complexity index is 674. The lowest BCUT2D eigenvalue weighted by atomic mass is 10.2. The third kappa shape index (κ3) is 2.37. The molecule has 3 aromatic rings. The van der Waals surface area contributed by atoms with Crippen molar-refractivity contribution in [1.82, 2.24) is 15.2 Å². The zero-order valence-electron chi connectivity index (χ0n) is 9.83. The number of carbonyl (C=O) groups is 1. The van der Waals surface area contributed by atoms with Gasteiger partial charge in [-0.1, -0.05) is 0 Å². The fourth-order valence-corrected chi connectivity index (χ4v) is 1.65. The first-order valence-corrected chi connectivity index (χ1v) is 5.63. The minimum absolute atomic E-state index is 0.244. The van der Waals surface area contributed by atoms with Crippen LogP contribution in [0.15, 0.2) is 53.4 Å². The van der Waals surface area contributed by atoms with Crippen molar-refractivity contribution < 1.29 is 9.21 Å². The smallest absolute Gasteiger partial charge is 0.292 e. The summed E-state index contributed by atoms with van der Waals surface area (Å²) in [5, 5.41) is 9.52. The molecular weight excluding hydrogens is 244 g/mol. The summed E-state index contributed by atoms with van der Waals surface area (Å²) in [7, 11) is 0. The third-order valence-electron chi connectivity index (χ3n) is 2.56. The van der Waals surface area contributed by atoms with Gasteiger partial charge in [-0.15, -0.1) is 0 Å². The largest absolute Gasteiger partial charge is 0.459 e. The molecule has 0 saturated heterocycles. The van der Waals surface area contributed by atoms with Gasteiger partial charge in [0, 0.05) is 24.0 Å². The zero-order chi connectivity index (χ0) is 13.1. The number of H-pyrrole nitrogens is 1. The van der Waals surface area contributed by atoms with Gasteiger partial charge in [-0.25, -0.2) is 0 Å². The molecule has 2 N–H and O–H groups in total. The van der Waals surface area contributed by atoms with Gasteiger partial charge in [-0.05, 0) is 24.3 Å². The van der Waals surface area contributed by atoms with Crippen LogP contribution in [-0.2, 0) is 0 Å². The van der Waals surface area contributed by atoms with Gasteiger partial charge < -0.3 is 9.73 Å². The van der Waals surface area contributed by atoms with Crippen LogP contribution in [0.3, 0.4) is 0 Å². The second-order valence-corrected chi connectivity index (χ2v) is 3.83. The fraction of sp³-hybridized carbons (Fsp3) is 0. The Morgan fingerprint density at radius 1 is 1.26 bits per heavy atom. The fourth-order valence-electron chi connectivity index (χ4n) is 1.65. The monoisotopic (exact) mass is 254 g/mol. The number of aromatic amines is 1. The number of hydrogen-bond donors (Lipinski definition) is 2. The molecule has 19 heavy (non-hydrogen) atoms. The van der Waals surface area contributed by atoms with Crippen molar-refractivity contribution in [3.8, 4) is 11.3 Å². The van der Waals surface area contributed by atoms with Crippen molar-refractivity contribution in [2.45, 2.75) is 0 Å². The highest BCUT2D eigenvalue weighted by Crippen LogP contribution is 2.18. The summed E-state index contributed by atoms with van der Waals surface area (Å²) in [5.74, 6) is 0.347. The van der Waals surface area contributed by atoms with E-state index in [0.29, 0.717) is 5.82 Å². The third-order valence-corrected chi connectivity index (χ3v) is 2.56. The zero-order valence-corrected chi connectivity index (χ0v) is 9.83. The Hall–Kier alpha value is -2.89. The Labute approximate surface area is 108 Å². The number of rotatable bonds is 3. The van der Waals surface area contributed by atoms with Crippen molar-refractivity contribution in [1.29, 1.82) is 0 Å². The van der Waals surface area contributed by atoms with Gasteiger partial charge in [0.2, 0.25) is 0 Å². The average molecular weight is 254 g/mol. The molecule has 0 aliphatic rings. The Morgan fingerprint density at radius 3 is 2.84 bits per heavy atom. The van der Waals surface area contributed by atoms with E-state index in [1.807, 2.05) is 12.1 Å². The van der Waals surface area contributed by atoms with Crippen LogP contribution in [0.25, 0.3) is 11.3 Å². The summed E-state index contributed by atoms with van der Waals surface area (Å²) in [6.07, 6.45) is 4.83. The molecule has 3 heterocycles. The molecule has 0 spiro atoms. The number of carbonyl (C=O) groups excluding carboxylic acids is 1. The molecule has 0 aromatic carbocycles. The molecule has 94 valence electrons. The SMILES string of the molecule is O=C(Nc1cc(-c2ccncc2)[nH]n1)c1ccco1. The lowest BCUT2D eigenvalue weighted by Gasteiger charge is -1.96. The maximum Gasteiger partial charge on any atom is 0.292 e. The van der Waals surface area contributed by atoms with Crippen LogP contribution in [0, 0.1) is 0 Å². The van der Waals surface area contributed by atoms with E-state index < -0.39 is 0 Å². The first-order valence-electron chi connectivity index (χ1n) is 5.63. The van der Waals surface area contributed by atoms with E-state index in [0.717, 1.165) is 11.3 Å². The van der Waals surface area contributed by atoms with Crippen molar-refractivity contribution in [3.05, 3.63) is 54.7 Å². The second-order valence-electron chi connectivity index (χ2n) is 3.83. The molecule has 0 atom stereocenters. The topological polar surface area (TPSA) is 83.8 Å². The van der Waals surface area contributed by atoms with Crippen LogP contribution in [-0.4, -0.2) is 21.1 Å². The molecule has 0 radical (unpaired) electrons. The molecule has 3 rings (SSSR count).